The van der Waals surface area contributed by atoms with Gasteiger partial charge in [-0.25, -0.2) is 0 Å². The first-order valence-electron chi connectivity index (χ1n) is 8.06. The van der Waals surface area contributed by atoms with Crippen LogP contribution in [0.15, 0.2) is 36.4 Å². The third kappa shape index (κ3) is 3.55. The standard InChI is InChI=1S/C19H21ClN2O2/c1-13-6-7-15(12-14(13)2)19(23)21-17-5-3-4-16(20)18(17)22-8-10-24-11-9-22/h3-7,12H,8-11H2,1-2H3,(H,21,23). The van der Waals surface area contributed by atoms with E-state index in [0.717, 1.165) is 30.0 Å². The van der Waals surface area contributed by atoms with E-state index in [1.54, 1.807) is 0 Å². The molecule has 1 fully saturated rings. The van der Waals surface area contributed by atoms with E-state index in [9.17, 15) is 4.79 Å². The van der Waals surface area contributed by atoms with Crippen molar-refractivity contribution in [3.05, 3.63) is 58.1 Å². The Morgan fingerprint density at radius 1 is 1.12 bits per heavy atom. The van der Waals surface area contributed by atoms with Crippen molar-refractivity contribution in [3.8, 4) is 0 Å². The Balaban J connectivity index is 1.87. The normalized spacial score (nSPS) is 14.5. The number of hydrogen-bond donors (Lipinski definition) is 1. The van der Waals surface area contributed by atoms with E-state index in [1.807, 2.05) is 50.2 Å². The monoisotopic (exact) mass is 344 g/mol. The fourth-order valence-corrected chi connectivity index (χ4v) is 3.10. The Labute approximate surface area is 147 Å². The molecule has 1 aliphatic rings. The third-order valence-electron chi connectivity index (χ3n) is 4.33. The van der Waals surface area contributed by atoms with E-state index < -0.39 is 0 Å². The van der Waals surface area contributed by atoms with Gasteiger partial charge in [-0.3, -0.25) is 4.79 Å². The number of halogens is 1. The lowest BCUT2D eigenvalue weighted by Gasteiger charge is -2.31. The average Bonchev–Trinajstić information content (AvgIpc) is 2.58. The zero-order chi connectivity index (χ0) is 17.1. The SMILES string of the molecule is Cc1ccc(C(=O)Nc2cccc(Cl)c2N2CCOCC2)cc1C. The number of anilines is 2. The zero-order valence-electron chi connectivity index (χ0n) is 13.9. The Morgan fingerprint density at radius 3 is 2.58 bits per heavy atom. The van der Waals surface area contributed by atoms with Crippen LogP contribution >= 0.6 is 11.6 Å². The van der Waals surface area contributed by atoms with E-state index in [4.69, 9.17) is 16.3 Å². The van der Waals surface area contributed by atoms with Gasteiger partial charge in [-0.15, -0.1) is 0 Å². The highest BCUT2D eigenvalue weighted by Crippen LogP contribution is 2.34. The maximum atomic E-state index is 12.6. The van der Waals surface area contributed by atoms with Crippen LogP contribution in [0.25, 0.3) is 0 Å². The number of amides is 1. The number of nitrogens with one attached hydrogen (secondary N) is 1. The number of nitrogens with zero attached hydrogens (tertiary/aromatic N) is 1. The summed E-state index contributed by atoms with van der Waals surface area (Å²) >= 11 is 6.40. The maximum absolute atomic E-state index is 12.6. The van der Waals surface area contributed by atoms with Gasteiger partial charge < -0.3 is 15.0 Å². The summed E-state index contributed by atoms with van der Waals surface area (Å²) in [7, 11) is 0. The van der Waals surface area contributed by atoms with Crippen molar-refractivity contribution in [2.24, 2.45) is 0 Å². The van der Waals surface area contributed by atoms with E-state index in [0.29, 0.717) is 23.8 Å². The second-order valence-electron chi connectivity index (χ2n) is 5.99. The summed E-state index contributed by atoms with van der Waals surface area (Å²) in [5.41, 5.74) is 4.50. The van der Waals surface area contributed by atoms with Crippen LogP contribution in [-0.4, -0.2) is 32.2 Å². The van der Waals surface area contributed by atoms with Crippen LogP contribution in [-0.2, 0) is 4.74 Å². The quantitative estimate of drug-likeness (QED) is 0.913. The van der Waals surface area contributed by atoms with E-state index >= 15 is 0 Å². The van der Waals surface area contributed by atoms with Crippen LogP contribution in [0, 0.1) is 13.8 Å². The molecule has 4 nitrogen and oxygen atoms in total. The summed E-state index contributed by atoms with van der Waals surface area (Å²) in [6.07, 6.45) is 0. The lowest BCUT2D eigenvalue weighted by Crippen LogP contribution is -2.37. The first-order chi connectivity index (χ1) is 11.6. The first kappa shape index (κ1) is 16.8. The fourth-order valence-electron chi connectivity index (χ4n) is 2.80. The first-order valence-corrected chi connectivity index (χ1v) is 8.44. The molecule has 1 aliphatic heterocycles. The van der Waals surface area contributed by atoms with Gasteiger partial charge in [0.05, 0.1) is 29.6 Å². The van der Waals surface area contributed by atoms with Crippen molar-refractivity contribution in [1.82, 2.24) is 0 Å². The number of benzene rings is 2. The molecule has 1 N–H and O–H groups in total. The molecule has 126 valence electrons. The van der Waals surface area contributed by atoms with Crippen molar-refractivity contribution < 1.29 is 9.53 Å². The number of ether oxygens (including phenoxy) is 1. The highest BCUT2D eigenvalue weighted by molar-refractivity contribution is 6.34. The number of para-hydroxylation sites is 1. The summed E-state index contributed by atoms with van der Waals surface area (Å²) in [6.45, 7) is 6.88. The number of hydrogen-bond acceptors (Lipinski definition) is 3. The van der Waals surface area contributed by atoms with Crippen molar-refractivity contribution in [2.45, 2.75) is 13.8 Å². The van der Waals surface area contributed by atoms with Crippen LogP contribution < -0.4 is 10.2 Å². The van der Waals surface area contributed by atoms with Crippen LogP contribution in [0.2, 0.25) is 5.02 Å². The number of carbonyl (C=O) groups excluding carboxylic acids is 1. The fraction of sp³-hybridized carbons (Fsp3) is 0.316. The van der Waals surface area contributed by atoms with E-state index in [1.165, 1.54) is 5.56 Å². The largest absolute Gasteiger partial charge is 0.378 e. The molecule has 0 saturated carbocycles. The van der Waals surface area contributed by atoms with Crippen LogP contribution in [0.5, 0.6) is 0 Å². The molecule has 1 heterocycles. The Morgan fingerprint density at radius 2 is 1.88 bits per heavy atom. The molecule has 0 aromatic heterocycles. The Hall–Kier alpha value is -2.04. The van der Waals surface area contributed by atoms with Crippen LogP contribution in [0.3, 0.4) is 0 Å². The molecule has 1 amide bonds. The molecule has 2 aromatic rings. The molecule has 24 heavy (non-hydrogen) atoms. The highest BCUT2D eigenvalue weighted by atomic mass is 35.5. The highest BCUT2D eigenvalue weighted by Gasteiger charge is 2.19. The predicted octanol–water partition coefficient (Wildman–Crippen LogP) is 4.05. The summed E-state index contributed by atoms with van der Waals surface area (Å²) in [5.74, 6) is -0.130. The van der Waals surface area contributed by atoms with Gasteiger partial charge in [-0.05, 0) is 49.2 Å². The second-order valence-corrected chi connectivity index (χ2v) is 6.40. The van der Waals surface area contributed by atoms with E-state index in [-0.39, 0.29) is 5.91 Å². The Bertz CT molecular complexity index is 755. The lowest BCUT2D eigenvalue weighted by molar-refractivity contribution is 0.102. The van der Waals surface area contributed by atoms with Crippen LogP contribution in [0.1, 0.15) is 21.5 Å². The lowest BCUT2D eigenvalue weighted by atomic mass is 10.1. The average molecular weight is 345 g/mol. The molecule has 0 radical (unpaired) electrons. The number of aryl methyl sites for hydroxylation is 2. The summed E-state index contributed by atoms with van der Waals surface area (Å²) in [4.78, 5) is 14.8. The van der Waals surface area contributed by atoms with Crippen molar-refractivity contribution in [2.75, 3.05) is 36.5 Å². The van der Waals surface area contributed by atoms with Gasteiger partial charge >= 0.3 is 0 Å². The van der Waals surface area contributed by atoms with Gasteiger partial charge in [-0.1, -0.05) is 23.7 Å². The smallest absolute Gasteiger partial charge is 0.255 e. The van der Waals surface area contributed by atoms with Gasteiger partial charge in [0.25, 0.3) is 5.91 Å². The Kier molecular flexibility index (Phi) is 5.07. The van der Waals surface area contributed by atoms with Crippen molar-refractivity contribution >= 4 is 28.9 Å². The number of morpholine rings is 1. The maximum Gasteiger partial charge on any atom is 0.255 e. The molecule has 1 saturated heterocycles. The molecule has 0 atom stereocenters. The molecule has 0 spiro atoms. The molecule has 0 bridgehead atoms. The topological polar surface area (TPSA) is 41.6 Å². The zero-order valence-corrected chi connectivity index (χ0v) is 14.7. The van der Waals surface area contributed by atoms with Gasteiger partial charge in [0, 0.05) is 18.7 Å². The molecule has 2 aromatic carbocycles. The van der Waals surface area contributed by atoms with E-state index in [2.05, 4.69) is 10.2 Å². The molecule has 5 heteroatoms. The summed E-state index contributed by atoms with van der Waals surface area (Å²) < 4.78 is 5.40. The molecular formula is C19H21ClN2O2. The van der Waals surface area contributed by atoms with Crippen molar-refractivity contribution in [1.29, 1.82) is 0 Å². The minimum atomic E-state index is -0.130. The summed E-state index contributed by atoms with van der Waals surface area (Å²) in [6, 6.07) is 11.3. The van der Waals surface area contributed by atoms with Gasteiger partial charge in [0.15, 0.2) is 0 Å². The summed E-state index contributed by atoms with van der Waals surface area (Å²) in [5, 5.41) is 3.64. The number of carbonyl (C=O) groups is 1. The minimum Gasteiger partial charge on any atom is -0.378 e. The van der Waals surface area contributed by atoms with Crippen LogP contribution in [0.4, 0.5) is 11.4 Å². The molecule has 0 aliphatic carbocycles. The third-order valence-corrected chi connectivity index (χ3v) is 4.64. The second kappa shape index (κ2) is 7.24. The van der Waals surface area contributed by atoms with Gasteiger partial charge in [0.2, 0.25) is 0 Å². The molecule has 3 rings (SSSR count). The number of rotatable bonds is 3. The van der Waals surface area contributed by atoms with Gasteiger partial charge in [-0.2, -0.15) is 0 Å². The molecule has 0 unspecified atom stereocenters. The van der Waals surface area contributed by atoms with Crippen molar-refractivity contribution in [3.63, 3.8) is 0 Å². The van der Waals surface area contributed by atoms with Gasteiger partial charge in [0.1, 0.15) is 0 Å². The molecular weight excluding hydrogens is 324 g/mol. The predicted molar refractivity (Wildman–Crippen MR) is 98.4 cm³/mol. The minimum absolute atomic E-state index is 0.130.